The molecule has 0 radical (unpaired) electrons. The first-order valence-corrected chi connectivity index (χ1v) is 8.22. The Morgan fingerprint density at radius 3 is 2.50 bits per heavy atom. The fourth-order valence-corrected chi connectivity index (χ4v) is 3.53. The van der Waals surface area contributed by atoms with Crippen LogP contribution in [0.4, 0.5) is 0 Å². The number of Topliss-reactive ketones (excluding diaryl/α,β-unsaturated/α-hetero) is 1. The van der Waals surface area contributed by atoms with E-state index in [9.17, 15) is 4.79 Å². The highest BCUT2D eigenvalue weighted by molar-refractivity contribution is 5.93. The maximum absolute atomic E-state index is 12.8. The van der Waals surface area contributed by atoms with E-state index >= 15 is 0 Å². The van der Waals surface area contributed by atoms with E-state index in [1.807, 2.05) is 30.3 Å². The number of nitrogens with one attached hydrogen (secondary N) is 1. The highest BCUT2D eigenvalue weighted by atomic mass is 16.7. The summed E-state index contributed by atoms with van der Waals surface area (Å²) < 4.78 is 11.4. The second kappa shape index (κ2) is 6.49. The van der Waals surface area contributed by atoms with Crippen LogP contribution in [0.25, 0.3) is 0 Å². The minimum atomic E-state index is -1.16. The van der Waals surface area contributed by atoms with Gasteiger partial charge in [0, 0.05) is 13.2 Å². The van der Waals surface area contributed by atoms with Crippen molar-refractivity contribution in [3.63, 3.8) is 0 Å². The van der Waals surface area contributed by atoms with Crippen molar-refractivity contribution in [2.75, 3.05) is 7.11 Å². The molecule has 0 spiro atoms. The molecule has 0 amide bonds. The number of carbonyl (C=O) groups excluding carboxylic acids is 1. The first-order chi connectivity index (χ1) is 10.6. The number of ether oxygens (including phenoxy) is 2. The van der Waals surface area contributed by atoms with Gasteiger partial charge in [0.25, 0.3) is 0 Å². The molecule has 4 nitrogen and oxygen atoms in total. The minimum Gasteiger partial charge on any atom is -0.347 e. The van der Waals surface area contributed by atoms with E-state index in [1.54, 1.807) is 6.92 Å². The van der Waals surface area contributed by atoms with Crippen LogP contribution in [-0.2, 0) is 14.3 Å². The predicted octanol–water partition coefficient (Wildman–Crippen LogP) is 2.98. The number of hydrogen-bond acceptors (Lipinski definition) is 4. The van der Waals surface area contributed by atoms with Crippen LogP contribution in [0, 0.1) is 0 Å². The molecular weight excluding hydrogens is 278 g/mol. The molecule has 3 rings (SSSR count). The molecular formula is C18H25NO3. The first-order valence-electron chi connectivity index (χ1n) is 8.22. The van der Waals surface area contributed by atoms with E-state index in [0.717, 1.165) is 18.4 Å². The van der Waals surface area contributed by atoms with E-state index in [4.69, 9.17) is 9.47 Å². The molecule has 1 aliphatic heterocycles. The van der Waals surface area contributed by atoms with Crippen LogP contribution in [0.3, 0.4) is 0 Å². The maximum atomic E-state index is 12.8. The second-order valence-corrected chi connectivity index (χ2v) is 6.44. The lowest BCUT2D eigenvalue weighted by atomic mass is 9.92. The quantitative estimate of drug-likeness (QED) is 0.929. The van der Waals surface area contributed by atoms with E-state index in [0.29, 0.717) is 6.04 Å². The van der Waals surface area contributed by atoms with Crippen molar-refractivity contribution in [1.82, 2.24) is 5.32 Å². The minimum absolute atomic E-state index is 0.00516. The lowest BCUT2D eigenvalue weighted by Crippen LogP contribution is -2.48. The molecule has 0 aromatic heterocycles. The highest BCUT2D eigenvalue weighted by Crippen LogP contribution is 2.38. The summed E-state index contributed by atoms with van der Waals surface area (Å²) in [6.07, 6.45) is 5.74. The van der Waals surface area contributed by atoms with Crippen molar-refractivity contribution in [3.8, 4) is 0 Å². The van der Waals surface area contributed by atoms with Gasteiger partial charge >= 0.3 is 0 Å². The highest BCUT2D eigenvalue weighted by Gasteiger charge is 2.53. The third kappa shape index (κ3) is 2.96. The normalized spacial score (nSPS) is 33.3. The molecule has 2 aliphatic rings. The molecule has 1 saturated carbocycles. The fourth-order valence-electron chi connectivity index (χ4n) is 3.53. The van der Waals surface area contributed by atoms with E-state index < -0.39 is 5.79 Å². The molecule has 1 heterocycles. The van der Waals surface area contributed by atoms with Crippen LogP contribution in [0.5, 0.6) is 0 Å². The van der Waals surface area contributed by atoms with Gasteiger partial charge in [-0.05, 0) is 25.3 Å². The molecule has 3 atom stereocenters. The third-order valence-corrected chi connectivity index (χ3v) is 4.92. The van der Waals surface area contributed by atoms with Crippen LogP contribution in [-0.4, -0.2) is 30.8 Å². The van der Waals surface area contributed by atoms with E-state index in [-0.39, 0.29) is 17.9 Å². The Bertz CT molecular complexity index is 512. The van der Waals surface area contributed by atoms with Crippen LogP contribution in [0.15, 0.2) is 30.3 Å². The standard InChI is InChI=1S/C18H25NO3/c1-18(21-2)17(20)15(19-14-11-7-4-8-12-14)16(22-18)13-9-5-3-6-10-13/h3,5-6,9-10,14-16,19H,4,7-8,11-12H2,1-2H3. The smallest absolute Gasteiger partial charge is 0.228 e. The summed E-state index contributed by atoms with van der Waals surface area (Å²) in [6.45, 7) is 1.72. The number of methoxy groups -OCH3 is 1. The van der Waals surface area contributed by atoms with E-state index in [1.165, 1.54) is 26.4 Å². The molecule has 1 aromatic rings. The van der Waals surface area contributed by atoms with Crippen molar-refractivity contribution < 1.29 is 14.3 Å². The number of hydrogen-bond donors (Lipinski definition) is 1. The van der Waals surface area contributed by atoms with Crippen LogP contribution in [0.1, 0.15) is 50.7 Å². The second-order valence-electron chi connectivity index (χ2n) is 6.44. The molecule has 0 bridgehead atoms. The van der Waals surface area contributed by atoms with Gasteiger partial charge in [0.15, 0.2) is 0 Å². The Balaban J connectivity index is 1.83. The van der Waals surface area contributed by atoms with Crippen molar-refractivity contribution in [1.29, 1.82) is 0 Å². The van der Waals surface area contributed by atoms with Crippen molar-refractivity contribution in [2.24, 2.45) is 0 Å². The van der Waals surface area contributed by atoms with Crippen LogP contribution in [0.2, 0.25) is 0 Å². The average Bonchev–Trinajstić information content (AvgIpc) is 2.82. The van der Waals surface area contributed by atoms with Crippen LogP contribution >= 0.6 is 0 Å². The van der Waals surface area contributed by atoms with Gasteiger partial charge in [0.05, 0.1) is 0 Å². The van der Waals surface area contributed by atoms with E-state index in [2.05, 4.69) is 5.32 Å². The van der Waals surface area contributed by atoms with Gasteiger partial charge in [-0.1, -0.05) is 49.6 Å². The molecule has 4 heteroatoms. The van der Waals surface area contributed by atoms with Crippen LogP contribution < -0.4 is 5.32 Å². The summed E-state index contributed by atoms with van der Waals surface area (Å²) >= 11 is 0. The average molecular weight is 303 g/mol. The van der Waals surface area contributed by atoms with Gasteiger partial charge in [-0.25, -0.2) is 0 Å². The van der Waals surface area contributed by atoms with Gasteiger partial charge < -0.3 is 14.8 Å². The number of benzene rings is 1. The molecule has 120 valence electrons. The fraction of sp³-hybridized carbons (Fsp3) is 0.611. The Kier molecular flexibility index (Phi) is 4.62. The summed E-state index contributed by atoms with van der Waals surface area (Å²) in [4.78, 5) is 12.8. The van der Waals surface area contributed by atoms with Gasteiger partial charge in [-0.15, -0.1) is 0 Å². The SMILES string of the molecule is COC1(C)OC(c2ccccc2)C(NC2CCCCC2)C1=O. The zero-order valence-electron chi connectivity index (χ0n) is 13.4. The van der Waals surface area contributed by atoms with Gasteiger partial charge in [-0.2, -0.15) is 0 Å². The molecule has 1 aromatic carbocycles. The first kappa shape index (κ1) is 15.7. The summed E-state index contributed by atoms with van der Waals surface area (Å²) in [5.41, 5.74) is 1.02. The predicted molar refractivity (Wildman–Crippen MR) is 84.5 cm³/mol. The Morgan fingerprint density at radius 1 is 1.18 bits per heavy atom. The summed E-state index contributed by atoms with van der Waals surface area (Å²) in [5, 5.41) is 3.55. The zero-order valence-corrected chi connectivity index (χ0v) is 13.4. The van der Waals surface area contributed by atoms with Crippen molar-refractivity contribution in [3.05, 3.63) is 35.9 Å². The Morgan fingerprint density at radius 2 is 1.86 bits per heavy atom. The van der Waals surface area contributed by atoms with Gasteiger partial charge in [-0.3, -0.25) is 4.79 Å². The Hall–Kier alpha value is -1.23. The summed E-state index contributed by atoms with van der Waals surface area (Å²) in [7, 11) is 1.53. The number of rotatable bonds is 4. The number of ketones is 1. The number of carbonyl (C=O) groups is 1. The molecule has 1 N–H and O–H groups in total. The monoisotopic (exact) mass is 303 g/mol. The summed E-state index contributed by atoms with van der Waals surface area (Å²) in [5.74, 6) is -1.17. The zero-order chi connectivity index (χ0) is 15.6. The molecule has 22 heavy (non-hydrogen) atoms. The molecule has 1 aliphatic carbocycles. The van der Waals surface area contributed by atoms with Gasteiger partial charge in [0.2, 0.25) is 11.6 Å². The van der Waals surface area contributed by atoms with Crippen molar-refractivity contribution in [2.45, 2.75) is 63.0 Å². The van der Waals surface area contributed by atoms with Crippen molar-refractivity contribution >= 4 is 5.78 Å². The molecule has 3 unspecified atom stereocenters. The molecule has 2 fully saturated rings. The lowest BCUT2D eigenvalue weighted by Gasteiger charge is -2.27. The third-order valence-electron chi connectivity index (χ3n) is 4.92. The van der Waals surface area contributed by atoms with Gasteiger partial charge in [0.1, 0.15) is 12.1 Å². The summed E-state index contributed by atoms with van der Waals surface area (Å²) in [6, 6.07) is 10.0. The topological polar surface area (TPSA) is 47.6 Å². The molecule has 1 saturated heterocycles. The maximum Gasteiger partial charge on any atom is 0.228 e. The largest absolute Gasteiger partial charge is 0.347 e. The Labute approximate surface area is 132 Å². The lowest BCUT2D eigenvalue weighted by molar-refractivity contribution is -0.200.